The second kappa shape index (κ2) is 11.9. The summed E-state index contributed by atoms with van der Waals surface area (Å²) >= 11 is 5.98. The minimum Gasteiger partial charge on any atom is -0.488 e. The van der Waals surface area contributed by atoms with Gasteiger partial charge in [-0.05, 0) is 50.1 Å². The van der Waals surface area contributed by atoms with Gasteiger partial charge in [-0.15, -0.1) is 0 Å². The zero-order valence-corrected chi connectivity index (χ0v) is 21.4. The number of nitrogens with one attached hydrogen (secondary N) is 1. The Hall–Kier alpha value is -3.66. The van der Waals surface area contributed by atoms with Crippen molar-refractivity contribution in [2.45, 2.75) is 46.4 Å². The molecule has 1 heterocycles. The fourth-order valence-electron chi connectivity index (χ4n) is 3.41. The van der Waals surface area contributed by atoms with Gasteiger partial charge in [0.2, 0.25) is 11.9 Å². The maximum absolute atomic E-state index is 14.5. The number of ether oxygens (including phenoxy) is 1. The number of aromatic nitrogens is 3. The Balaban J connectivity index is 1.97. The van der Waals surface area contributed by atoms with Crippen molar-refractivity contribution in [1.29, 1.82) is 0 Å². The summed E-state index contributed by atoms with van der Waals surface area (Å²) in [5, 5.41) is 3.43. The third kappa shape index (κ3) is 6.94. The molecule has 11 heteroatoms. The van der Waals surface area contributed by atoms with Crippen molar-refractivity contribution in [1.82, 2.24) is 19.0 Å². The van der Waals surface area contributed by atoms with E-state index < -0.39 is 17.2 Å². The Bertz CT molecular complexity index is 1340. The first-order chi connectivity index (χ1) is 17.0. The predicted molar refractivity (Wildman–Crippen MR) is 137 cm³/mol. The molecule has 0 spiro atoms. The van der Waals surface area contributed by atoms with E-state index in [1.54, 1.807) is 51.2 Å². The van der Waals surface area contributed by atoms with Gasteiger partial charge in [0, 0.05) is 43.8 Å². The van der Waals surface area contributed by atoms with Crippen LogP contribution in [0.25, 0.3) is 0 Å². The van der Waals surface area contributed by atoms with Crippen molar-refractivity contribution >= 4 is 29.1 Å². The molecule has 3 aromatic rings. The third-order valence-electron chi connectivity index (χ3n) is 5.37. The standard InChI is InChI=1S/C25H29ClFN5O4/c1-16(2)36-22-11-10-20(14-21(22)27)28-23-29-24(34)31(13-5-12-30(4)17(3)33)25(35)32(23)15-18-6-8-19(26)9-7-18/h6-11,14,16H,5,12-13,15H2,1-4H3,(H,28,29,34). The van der Waals surface area contributed by atoms with Crippen LogP contribution in [0.3, 0.4) is 0 Å². The third-order valence-corrected chi connectivity index (χ3v) is 5.62. The Morgan fingerprint density at radius 3 is 2.47 bits per heavy atom. The van der Waals surface area contributed by atoms with Gasteiger partial charge in [0.1, 0.15) is 0 Å². The summed E-state index contributed by atoms with van der Waals surface area (Å²) in [5.74, 6) is -0.651. The van der Waals surface area contributed by atoms with Crippen LogP contribution in [0.4, 0.5) is 16.0 Å². The lowest BCUT2D eigenvalue weighted by Gasteiger charge is -2.18. The highest BCUT2D eigenvalue weighted by atomic mass is 35.5. The lowest BCUT2D eigenvalue weighted by molar-refractivity contribution is -0.127. The SMILES string of the molecule is CC(=O)N(C)CCCn1c(=O)nc(Nc2ccc(OC(C)C)c(F)c2)n(Cc2ccc(Cl)cc2)c1=O. The van der Waals surface area contributed by atoms with Crippen molar-refractivity contribution in [3.63, 3.8) is 0 Å². The van der Waals surface area contributed by atoms with E-state index in [9.17, 15) is 18.8 Å². The van der Waals surface area contributed by atoms with Crippen molar-refractivity contribution in [2.24, 2.45) is 0 Å². The van der Waals surface area contributed by atoms with Gasteiger partial charge < -0.3 is 15.0 Å². The number of anilines is 2. The quantitative estimate of drug-likeness (QED) is 0.441. The summed E-state index contributed by atoms with van der Waals surface area (Å²) in [6.45, 7) is 5.57. The van der Waals surface area contributed by atoms with E-state index in [1.165, 1.54) is 28.5 Å². The van der Waals surface area contributed by atoms with Crippen LogP contribution in [0.5, 0.6) is 5.75 Å². The molecule has 192 valence electrons. The molecule has 0 atom stereocenters. The minimum atomic E-state index is -0.749. The number of hydrogen-bond acceptors (Lipinski definition) is 6. The summed E-state index contributed by atoms with van der Waals surface area (Å²) in [6.07, 6.45) is 0.190. The van der Waals surface area contributed by atoms with E-state index in [0.29, 0.717) is 23.7 Å². The molecule has 0 fully saturated rings. The summed E-state index contributed by atoms with van der Waals surface area (Å²) in [4.78, 5) is 43.1. The number of carbonyl (C=O) groups is 1. The van der Waals surface area contributed by atoms with Crippen LogP contribution in [0.1, 0.15) is 32.8 Å². The smallest absolute Gasteiger partial charge is 0.354 e. The van der Waals surface area contributed by atoms with Gasteiger partial charge in [-0.2, -0.15) is 4.98 Å². The van der Waals surface area contributed by atoms with E-state index in [0.717, 1.165) is 10.1 Å². The molecule has 2 aromatic carbocycles. The highest BCUT2D eigenvalue weighted by molar-refractivity contribution is 6.30. The van der Waals surface area contributed by atoms with Crippen LogP contribution >= 0.6 is 11.6 Å². The summed E-state index contributed by atoms with van der Waals surface area (Å²) in [5.41, 5.74) is -0.293. The van der Waals surface area contributed by atoms with Gasteiger partial charge in [0.25, 0.3) is 0 Å². The van der Waals surface area contributed by atoms with Crippen molar-refractivity contribution < 1.29 is 13.9 Å². The second-order valence-corrected chi connectivity index (χ2v) is 9.03. The first kappa shape index (κ1) is 26.9. The molecule has 0 aliphatic rings. The molecule has 1 aromatic heterocycles. The molecule has 9 nitrogen and oxygen atoms in total. The van der Waals surface area contributed by atoms with Gasteiger partial charge in [0.15, 0.2) is 11.6 Å². The Morgan fingerprint density at radius 1 is 1.17 bits per heavy atom. The van der Waals surface area contributed by atoms with Crippen LogP contribution in [0, 0.1) is 5.82 Å². The Morgan fingerprint density at radius 2 is 1.86 bits per heavy atom. The number of benzene rings is 2. The number of carbonyl (C=O) groups excluding carboxylic acids is 1. The maximum atomic E-state index is 14.5. The number of amides is 1. The van der Waals surface area contributed by atoms with E-state index in [2.05, 4.69) is 10.3 Å². The van der Waals surface area contributed by atoms with Crippen molar-refractivity contribution in [3.8, 4) is 5.75 Å². The van der Waals surface area contributed by atoms with Crippen LogP contribution in [0.15, 0.2) is 52.1 Å². The molecule has 36 heavy (non-hydrogen) atoms. The number of hydrogen-bond donors (Lipinski definition) is 1. The monoisotopic (exact) mass is 517 g/mol. The van der Waals surface area contributed by atoms with Crippen LogP contribution in [-0.4, -0.2) is 44.6 Å². The van der Waals surface area contributed by atoms with Gasteiger partial charge in [0.05, 0.1) is 12.6 Å². The van der Waals surface area contributed by atoms with Gasteiger partial charge in [-0.3, -0.25) is 9.36 Å². The maximum Gasteiger partial charge on any atom is 0.354 e. The van der Waals surface area contributed by atoms with Crippen molar-refractivity contribution in [3.05, 3.63) is 79.8 Å². The number of rotatable bonds is 10. The number of halogens is 2. The molecule has 3 rings (SSSR count). The van der Waals surface area contributed by atoms with Gasteiger partial charge >= 0.3 is 11.4 Å². The molecule has 0 aliphatic heterocycles. The van der Waals surface area contributed by atoms with Crippen LogP contribution in [0.2, 0.25) is 5.02 Å². The summed E-state index contributed by atoms with van der Waals surface area (Å²) in [6, 6.07) is 11.1. The van der Waals surface area contributed by atoms with E-state index in [4.69, 9.17) is 16.3 Å². The van der Waals surface area contributed by atoms with Crippen LogP contribution in [-0.2, 0) is 17.9 Å². The fraction of sp³-hybridized carbons (Fsp3) is 0.360. The second-order valence-electron chi connectivity index (χ2n) is 8.60. The first-order valence-corrected chi connectivity index (χ1v) is 11.8. The molecular weight excluding hydrogens is 489 g/mol. The molecule has 0 radical (unpaired) electrons. The Labute approximate surface area is 213 Å². The highest BCUT2D eigenvalue weighted by Crippen LogP contribution is 2.24. The first-order valence-electron chi connectivity index (χ1n) is 11.5. The fourth-order valence-corrected chi connectivity index (χ4v) is 3.54. The molecule has 0 saturated heterocycles. The lowest BCUT2D eigenvalue weighted by Crippen LogP contribution is -2.43. The summed E-state index contributed by atoms with van der Waals surface area (Å²) < 4.78 is 22.3. The summed E-state index contributed by atoms with van der Waals surface area (Å²) in [7, 11) is 1.64. The van der Waals surface area contributed by atoms with E-state index >= 15 is 0 Å². The largest absolute Gasteiger partial charge is 0.488 e. The normalized spacial score (nSPS) is 11.0. The van der Waals surface area contributed by atoms with Gasteiger partial charge in [-0.25, -0.2) is 18.5 Å². The molecule has 1 N–H and O–H groups in total. The molecule has 1 amide bonds. The zero-order chi connectivity index (χ0) is 26.4. The molecule has 0 bridgehead atoms. The lowest BCUT2D eigenvalue weighted by atomic mass is 10.2. The molecule has 0 saturated carbocycles. The average molecular weight is 518 g/mol. The van der Waals surface area contributed by atoms with E-state index in [-0.39, 0.29) is 36.8 Å². The predicted octanol–water partition coefficient (Wildman–Crippen LogP) is 3.65. The topological polar surface area (TPSA) is 98.5 Å². The van der Waals surface area contributed by atoms with Crippen molar-refractivity contribution in [2.75, 3.05) is 18.9 Å². The average Bonchev–Trinajstić information content (AvgIpc) is 2.81. The highest BCUT2D eigenvalue weighted by Gasteiger charge is 2.16. The molecular formula is C25H29ClFN5O4. The Kier molecular flexibility index (Phi) is 8.87. The van der Waals surface area contributed by atoms with E-state index in [1.807, 2.05) is 0 Å². The minimum absolute atomic E-state index is 0.0334. The molecule has 0 unspecified atom stereocenters. The number of nitrogens with zero attached hydrogens (tertiary/aromatic N) is 4. The van der Waals surface area contributed by atoms with Crippen LogP contribution < -0.4 is 21.4 Å². The zero-order valence-electron chi connectivity index (χ0n) is 20.6. The van der Waals surface area contributed by atoms with Gasteiger partial charge in [-0.1, -0.05) is 23.7 Å². The molecule has 0 aliphatic carbocycles.